The summed E-state index contributed by atoms with van der Waals surface area (Å²) in [6.07, 6.45) is 3.54. The summed E-state index contributed by atoms with van der Waals surface area (Å²) in [4.78, 5) is 0. The molecule has 0 atom stereocenters. The van der Waals surface area contributed by atoms with Crippen LogP contribution >= 0.6 is 15.9 Å². The van der Waals surface area contributed by atoms with Crippen LogP contribution in [0.3, 0.4) is 0 Å². The van der Waals surface area contributed by atoms with Crippen molar-refractivity contribution in [3.05, 3.63) is 22.7 Å². The van der Waals surface area contributed by atoms with Gasteiger partial charge >= 0.3 is 0 Å². The summed E-state index contributed by atoms with van der Waals surface area (Å²) in [6.45, 7) is 2.38. The number of nitrogen functional groups attached to an aromatic ring is 1. The van der Waals surface area contributed by atoms with Crippen LogP contribution in [0, 0.1) is 5.92 Å². The number of aromatic nitrogens is 4. The minimum atomic E-state index is 0.676. The molecule has 0 saturated heterocycles. The fraction of sp³-hybridized carbons (Fsp3) is 0.500. The molecule has 0 unspecified atom stereocenters. The van der Waals surface area contributed by atoms with E-state index in [1.165, 1.54) is 12.8 Å². The molecule has 1 aromatic carbocycles. The molecule has 112 valence electrons. The minimum Gasteiger partial charge on any atom is -0.398 e. The van der Waals surface area contributed by atoms with Gasteiger partial charge in [-0.05, 0) is 69.7 Å². The first-order valence-electron chi connectivity index (χ1n) is 7.13. The van der Waals surface area contributed by atoms with Gasteiger partial charge in [0.2, 0.25) is 0 Å². The Morgan fingerprint density at radius 3 is 3.00 bits per heavy atom. The van der Waals surface area contributed by atoms with Gasteiger partial charge in [0.25, 0.3) is 0 Å². The number of hydrogen-bond acceptors (Lipinski definition) is 5. The van der Waals surface area contributed by atoms with Crippen LogP contribution < -0.4 is 5.73 Å². The second-order valence-corrected chi connectivity index (χ2v) is 6.19. The Labute approximate surface area is 131 Å². The van der Waals surface area contributed by atoms with E-state index in [-0.39, 0.29) is 0 Å². The van der Waals surface area contributed by atoms with E-state index in [0.29, 0.717) is 5.69 Å². The van der Waals surface area contributed by atoms with Crippen LogP contribution in [0.1, 0.15) is 19.3 Å². The lowest BCUT2D eigenvalue weighted by Gasteiger charge is -2.07. The first-order valence-corrected chi connectivity index (χ1v) is 7.92. The molecular formula is C14H18BrN5O. The van der Waals surface area contributed by atoms with Crippen LogP contribution in [-0.2, 0) is 11.3 Å². The van der Waals surface area contributed by atoms with Gasteiger partial charge in [0.15, 0.2) is 5.82 Å². The van der Waals surface area contributed by atoms with Crippen LogP contribution in [0.15, 0.2) is 22.7 Å². The van der Waals surface area contributed by atoms with E-state index < -0.39 is 0 Å². The van der Waals surface area contributed by atoms with Crippen LogP contribution in [0.25, 0.3) is 11.4 Å². The van der Waals surface area contributed by atoms with Gasteiger partial charge in [-0.1, -0.05) is 0 Å². The van der Waals surface area contributed by atoms with Gasteiger partial charge in [0.1, 0.15) is 0 Å². The highest BCUT2D eigenvalue weighted by atomic mass is 79.9. The third kappa shape index (κ3) is 3.79. The standard InChI is InChI=1S/C14H18BrN5O/c15-12-5-4-11(8-13(12)16)14-17-18-19-20(14)6-1-7-21-9-10-2-3-10/h4-5,8,10H,1-3,6-7,9,16H2. The van der Waals surface area contributed by atoms with E-state index in [4.69, 9.17) is 10.5 Å². The number of anilines is 1. The lowest BCUT2D eigenvalue weighted by Crippen LogP contribution is -2.07. The van der Waals surface area contributed by atoms with E-state index in [1.54, 1.807) is 4.68 Å². The second-order valence-electron chi connectivity index (χ2n) is 5.33. The highest BCUT2D eigenvalue weighted by Gasteiger charge is 2.20. The molecule has 1 aliphatic rings. The zero-order valence-electron chi connectivity index (χ0n) is 11.7. The van der Waals surface area contributed by atoms with Crippen LogP contribution in [-0.4, -0.2) is 33.4 Å². The summed E-state index contributed by atoms with van der Waals surface area (Å²) in [6, 6.07) is 5.73. The summed E-state index contributed by atoms with van der Waals surface area (Å²) in [5.41, 5.74) is 7.50. The largest absolute Gasteiger partial charge is 0.398 e. The van der Waals surface area contributed by atoms with Gasteiger partial charge in [0, 0.05) is 35.5 Å². The zero-order valence-corrected chi connectivity index (χ0v) is 13.3. The molecule has 3 rings (SSSR count). The molecule has 1 aliphatic carbocycles. The normalized spacial score (nSPS) is 14.5. The maximum absolute atomic E-state index is 5.91. The number of rotatable bonds is 7. The van der Waals surface area contributed by atoms with Crippen LogP contribution in [0.4, 0.5) is 5.69 Å². The molecule has 1 fully saturated rings. The molecule has 0 radical (unpaired) electrons. The van der Waals surface area contributed by atoms with E-state index in [9.17, 15) is 0 Å². The molecular weight excluding hydrogens is 334 g/mol. The third-order valence-corrected chi connectivity index (χ3v) is 4.22. The van der Waals surface area contributed by atoms with E-state index >= 15 is 0 Å². The quantitative estimate of drug-likeness (QED) is 0.612. The zero-order chi connectivity index (χ0) is 14.7. The fourth-order valence-corrected chi connectivity index (χ4v) is 2.34. The molecule has 7 heteroatoms. The Balaban J connectivity index is 1.58. The van der Waals surface area contributed by atoms with Crippen molar-refractivity contribution in [2.75, 3.05) is 18.9 Å². The van der Waals surface area contributed by atoms with Gasteiger partial charge in [-0.25, -0.2) is 4.68 Å². The number of nitrogens with two attached hydrogens (primary N) is 1. The van der Waals surface area contributed by atoms with Crippen molar-refractivity contribution in [3.63, 3.8) is 0 Å². The summed E-state index contributed by atoms with van der Waals surface area (Å²) >= 11 is 3.39. The molecule has 1 heterocycles. The van der Waals surface area contributed by atoms with Gasteiger partial charge in [-0.15, -0.1) is 5.10 Å². The van der Waals surface area contributed by atoms with Gasteiger partial charge in [-0.3, -0.25) is 0 Å². The Bertz CT molecular complexity index is 611. The molecule has 6 nitrogen and oxygen atoms in total. The van der Waals surface area contributed by atoms with Crippen LogP contribution in [0.5, 0.6) is 0 Å². The average molecular weight is 352 g/mol. The topological polar surface area (TPSA) is 78.9 Å². The van der Waals surface area contributed by atoms with Crippen molar-refractivity contribution >= 4 is 21.6 Å². The van der Waals surface area contributed by atoms with Crippen molar-refractivity contribution in [2.24, 2.45) is 5.92 Å². The van der Waals surface area contributed by atoms with Crippen molar-refractivity contribution in [2.45, 2.75) is 25.8 Å². The molecule has 0 bridgehead atoms. The fourth-order valence-electron chi connectivity index (χ4n) is 2.10. The monoisotopic (exact) mass is 351 g/mol. The van der Waals surface area contributed by atoms with E-state index in [0.717, 1.165) is 48.0 Å². The van der Waals surface area contributed by atoms with Crippen LogP contribution in [0.2, 0.25) is 0 Å². The first kappa shape index (κ1) is 14.5. The number of benzene rings is 1. The molecule has 2 aromatic rings. The van der Waals surface area contributed by atoms with E-state index in [1.807, 2.05) is 18.2 Å². The number of halogens is 1. The summed E-state index contributed by atoms with van der Waals surface area (Å²) < 4.78 is 8.30. The SMILES string of the molecule is Nc1cc(-c2nnnn2CCCOCC2CC2)ccc1Br. The second kappa shape index (κ2) is 6.53. The third-order valence-electron chi connectivity index (χ3n) is 3.50. The van der Waals surface area contributed by atoms with Gasteiger partial charge in [0.05, 0.1) is 0 Å². The minimum absolute atomic E-state index is 0.676. The smallest absolute Gasteiger partial charge is 0.182 e. The number of nitrogens with zero attached hydrogens (tertiary/aromatic N) is 4. The number of tetrazole rings is 1. The van der Waals surface area contributed by atoms with Gasteiger partial charge < -0.3 is 10.5 Å². The van der Waals surface area contributed by atoms with Gasteiger partial charge in [-0.2, -0.15) is 0 Å². The highest BCUT2D eigenvalue weighted by molar-refractivity contribution is 9.10. The Morgan fingerprint density at radius 2 is 2.24 bits per heavy atom. The summed E-state index contributed by atoms with van der Waals surface area (Å²) in [5.74, 6) is 1.54. The summed E-state index contributed by atoms with van der Waals surface area (Å²) in [5, 5.41) is 11.9. The highest BCUT2D eigenvalue weighted by Crippen LogP contribution is 2.29. The maximum Gasteiger partial charge on any atom is 0.182 e. The Morgan fingerprint density at radius 1 is 1.38 bits per heavy atom. The van der Waals surface area contributed by atoms with Crippen molar-refractivity contribution in [1.29, 1.82) is 0 Å². The molecule has 0 amide bonds. The Kier molecular flexibility index (Phi) is 4.50. The molecule has 0 spiro atoms. The Hall–Kier alpha value is -1.47. The molecule has 21 heavy (non-hydrogen) atoms. The number of aryl methyl sites for hydroxylation is 1. The average Bonchev–Trinajstić information content (AvgIpc) is 3.18. The lowest BCUT2D eigenvalue weighted by atomic mass is 10.2. The maximum atomic E-state index is 5.91. The first-order chi connectivity index (χ1) is 10.2. The lowest BCUT2D eigenvalue weighted by molar-refractivity contribution is 0.118. The predicted molar refractivity (Wildman–Crippen MR) is 83.5 cm³/mol. The van der Waals surface area contributed by atoms with Crippen molar-refractivity contribution in [1.82, 2.24) is 20.2 Å². The molecule has 2 N–H and O–H groups in total. The van der Waals surface area contributed by atoms with Crippen molar-refractivity contribution < 1.29 is 4.74 Å². The summed E-state index contributed by atoms with van der Waals surface area (Å²) in [7, 11) is 0. The molecule has 1 saturated carbocycles. The van der Waals surface area contributed by atoms with E-state index in [2.05, 4.69) is 31.5 Å². The van der Waals surface area contributed by atoms with Crippen molar-refractivity contribution in [3.8, 4) is 11.4 Å². The molecule has 0 aliphatic heterocycles. The predicted octanol–water partition coefficient (Wildman–Crippen LogP) is 2.50. The number of ether oxygens (including phenoxy) is 1. The molecule has 1 aromatic heterocycles. The number of hydrogen-bond donors (Lipinski definition) is 1.